The van der Waals surface area contributed by atoms with Crippen molar-refractivity contribution < 1.29 is 19.0 Å². The monoisotopic (exact) mass is 295 g/mol. The molecular formula is C16H22FNO3. The first-order chi connectivity index (χ1) is 9.87. The third-order valence-electron chi connectivity index (χ3n) is 3.80. The lowest BCUT2D eigenvalue weighted by molar-refractivity contribution is -0.134. The Morgan fingerprint density at radius 1 is 1.38 bits per heavy atom. The summed E-state index contributed by atoms with van der Waals surface area (Å²) < 4.78 is 18.5. The van der Waals surface area contributed by atoms with Crippen LogP contribution in [0.2, 0.25) is 0 Å². The molecule has 0 saturated heterocycles. The van der Waals surface area contributed by atoms with E-state index in [4.69, 9.17) is 4.74 Å². The van der Waals surface area contributed by atoms with Crippen LogP contribution < -0.4 is 10.1 Å². The standard InChI is InChI=1S/C16H22FNO3/c1-16(2,21-14-7-4-12(17)5-8-14)15(20)18-10-11-3-6-13(19)9-11/h4-5,7-8,11,13,19H,3,6,9-10H2,1-2H3,(H,18,20). The number of nitrogens with one attached hydrogen (secondary N) is 1. The summed E-state index contributed by atoms with van der Waals surface area (Å²) in [6.45, 7) is 3.90. The number of hydrogen-bond acceptors (Lipinski definition) is 3. The molecule has 1 amide bonds. The number of halogens is 1. The van der Waals surface area contributed by atoms with E-state index in [0.29, 0.717) is 18.2 Å². The fraction of sp³-hybridized carbons (Fsp3) is 0.562. The van der Waals surface area contributed by atoms with Gasteiger partial charge in [-0.25, -0.2) is 4.39 Å². The van der Waals surface area contributed by atoms with Crippen LogP contribution >= 0.6 is 0 Å². The molecule has 1 aliphatic rings. The Kier molecular flexibility index (Phi) is 4.83. The first-order valence-electron chi connectivity index (χ1n) is 7.28. The Morgan fingerprint density at radius 3 is 2.62 bits per heavy atom. The second-order valence-electron chi connectivity index (χ2n) is 6.11. The Hall–Kier alpha value is -1.62. The van der Waals surface area contributed by atoms with Crippen molar-refractivity contribution in [2.24, 2.45) is 5.92 Å². The molecule has 0 bridgehead atoms. The van der Waals surface area contributed by atoms with Gasteiger partial charge < -0.3 is 15.2 Å². The van der Waals surface area contributed by atoms with Crippen molar-refractivity contribution in [3.8, 4) is 5.75 Å². The average Bonchev–Trinajstić information content (AvgIpc) is 2.84. The van der Waals surface area contributed by atoms with E-state index in [0.717, 1.165) is 19.3 Å². The molecule has 2 rings (SSSR count). The topological polar surface area (TPSA) is 58.6 Å². The van der Waals surface area contributed by atoms with E-state index < -0.39 is 5.60 Å². The molecule has 5 heteroatoms. The maximum absolute atomic E-state index is 12.8. The van der Waals surface area contributed by atoms with E-state index in [-0.39, 0.29) is 17.8 Å². The molecule has 1 aromatic rings. The summed E-state index contributed by atoms with van der Waals surface area (Å²) in [5.41, 5.74) is -1.03. The fourth-order valence-electron chi connectivity index (χ4n) is 2.53. The van der Waals surface area contributed by atoms with Crippen molar-refractivity contribution in [2.45, 2.75) is 44.8 Å². The summed E-state index contributed by atoms with van der Waals surface area (Å²) >= 11 is 0. The molecule has 1 aromatic carbocycles. The lowest BCUT2D eigenvalue weighted by Gasteiger charge is -2.26. The van der Waals surface area contributed by atoms with Gasteiger partial charge in [-0.2, -0.15) is 0 Å². The van der Waals surface area contributed by atoms with Crippen LogP contribution in [0, 0.1) is 11.7 Å². The molecule has 1 saturated carbocycles. The summed E-state index contributed by atoms with van der Waals surface area (Å²) in [7, 11) is 0. The molecular weight excluding hydrogens is 273 g/mol. The van der Waals surface area contributed by atoms with Crippen LogP contribution in [0.4, 0.5) is 4.39 Å². The zero-order valence-electron chi connectivity index (χ0n) is 12.4. The summed E-state index contributed by atoms with van der Waals surface area (Å²) in [6, 6.07) is 5.59. The number of rotatable bonds is 5. The lowest BCUT2D eigenvalue weighted by Crippen LogP contribution is -2.47. The Bertz CT molecular complexity index is 487. The summed E-state index contributed by atoms with van der Waals surface area (Å²) in [4.78, 5) is 12.2. The van der Waals surface area contributed by atoms with E-state index in [2.05, 4.69) is 5.32 Å². The van der Waals surface area contributed by atoms with Crippen molar-refractivity contribution in [1.29, 1.82) is 0 Å². The summed E-state index contributed by atoms with van der Waals surface area (Å²) in [6.07, 6.45) is 2.23. The third kappa shape index (κ3) is 4.43. The van der Waals surface area contributed by atoms with Gasteiger partial charge >= 0.3 is 0 Å². The molecule has 0 aromatic heterocycles. The second kappa shape index (κ2) is 6.43. The molecule has 4 nitrogen and oxygen atoms in total. The highest BCUT2D eigenvalue weighted by atomic mass is 19.1. The second-order valence-corrected chi connectivity index (χ2v) is 6.11. The van der Waals surface area contributed by atoms with Gasteiger partial charge in [0.15, 0.2) is 5.60 Å². The number of amides is 1. The van der Waals surface area contributed by atoms with Gasteiger partial charge in [0.1, 0.15) is 11.6 Å². The molecule has 21 heavy (non-hydrogen) atoms. The van der Waals surface area contributed by atoms with Crippen molar-refractivity contribution in [2.75, 3.05) is 6.54 Å². The van der Waals surface area contributed by atoms with Crippen LogP contribution in [-0.4, -0.2) is 29.3 Å². The van der Waals surface area contributed by atoms with E-state index >= 15 is 0 Å². The van der Waals surface area contributed by atoms with Crippen molar-refractivity contribution in [3.63, 3.8) is 0 Å². The molecule has 0 aliphatic heterocycles. The quantitative estimate of drug-likeness (QED) is 0.876. The van der Waals surface area contributed by atoms with Crippen molar-refractivity contribution in [3.05, 3.63) is 30.1 Å². The van der Waals surface area contributed by atoms with Crippen LogP contribution in [0.25, 0.3) is 0 Å². The van der Waals surface area contributed by atoms with E-state index in [1.54, 1.807) is 13.8 Å². The van der Waals surface area contributed by atoms with Gasteiger partial charge in [0, 0.05) is 6.54 Å². The van der Waals surface area contributed by atoms with Gasteiger partial charge in [0.2, 0.25) is 0 Å². The van der Waals surface area contributed by atoms with E-state index in [9.17, 15) is 14.3 Å². The number of hydrogen-bond donors (Lipinski definition) is 2. The maximum atomic E-state index is 12.8. The van der Waals surface area contributed by atoms with Gasteiger partial charge in [-0.15, -0.1) is 0 Å². The minimum Gasteiger partial charge on any atom is -0.478 e. The number of carbonyl (C=O) groups excluding carboxylic acids is 1. The number of ether oxygens (including phenoxy) is 1. The number of aliphatic hydroxyl groups excluding tert-OH is 1. The minimum atomic E-state index is -1.03. The van der Waals surface area contributed by atoms with Crippen LogP contribution in [-0.2, 0) is 4.79 Å². The molecule has 0 radical (unpaired) electrons. The fourth-order valence-corrected chi connectivity index (χ4v) is 2.53. The van der Waals surface area contributed by atoms with Gasteiger partial charge in [-0.1, -0.05) is 0 Å². The Morgan fingerprint density at radius 2 is 2.05 bits per heavy atom. The van der Waals surface area contributed by atoms with E-state index in [1.165, 1.54) is 24.3 Å². The first kappa shape index (κ1) is 15.8. The molecule has 2 unspecified atom stereocenters. The molecule has 0 heterocycles. The largest absolute Gasteiger partial charge is 0.478 e. The molecule has 1 aliphatic carbocycles. The highest BCUT2D eigenvalue weighted by Crippen LogP contribution is 2.25. The van der Waals surface area contributed by atoms with Gasteiger partial charge in [-0.3, -0.25) is 4.79 Å². The average molecular weight is 295 g/mol. The molecule has 0 spiro atoms. The van der Waals surface area contributed by atoms with Gasteiger partial charge in [0.25, 0.3) is 5.91 Å². The zero-order chi connectivity index (χ0) is 15.5. The predicted molar refractivity (Wildman–Crippen MR) is 77.5 cm³/mol. The van der Waals surface area contributed by atoms with Gasteiger partial charge in [-0.05, 0) is 63.3 Å². The van der Waals surface area contributed by atoms with Crippen molar-refractivity contribution in [1.82, 2.24) is 5.32 Å². The Labute approximate surface area is 124 Å². The Balaban J connectivity index is 1.86. The smallest absolute Gasteiger partial charge is 0.263 e. The number of carbonyl (C=O) groups is 1. The molecule has 2 atom stereocenters. The molecule has 1 fully saturated rings. The van der Waals surface area contributed by atoms with E-state index in [1.807, 2.05) is 0 Å². The maximum Gasteiger partial charge on any atom is 0.263 e. The number of aliphatic hydroxyl groups is 1. The highest BCUT2D eigenvalue weighted by Gasteiger charge is 2.31. The normalized spacial score (nSPS) is 22.1. The summed E-state index contributed by atoms with van der Waals surface area (Å²) in [5, 5.41) is 12.3. The first-order valence-corrected chi connectivity index (χ1v) is 7.28. The predicted octanol–water partition coefficient (Wildman–Crippen LogP) is 2.26. The third-order valence-corrected chi connectivity index (χ3v) is 3.80. The van der Waals surface area contributed by atoms with Crippen LogP contribution in [0.3, 0.4) is 0 Å². The zero-order valence-corrected chi connectivity index (χ0v) is 12.4. The molecule has 116 valence electrons. The van der Waals surface area contributed by atoms with Crippen LogP contribution in [0.1, 0.15) is 33.1 Å². The highest BCUT2D eigenvalue weighted by molar-refractivity contribution is 5.84. The molecule has 2 N–H and O–H groups in total. The van der Waals surface area contributed by atoms with Crippen LogP contribution in [0.5, 0.6) is 5.75 Å². The van der Waals surface area contributed by atoms with Crippen molar-refractivity contribution >= 4 is 5.91 Å². The number of benzene rings is 1. The summed E-state index contributed by atoms with van der Waals surface area (Å²) in [5.74, 6) is 0.219. The minimum absolute atomic E-state index is 0.215. The van der Waals surface area contributed by atoms with Gasteiger partial charge in [0.05, 0.1) is 6.10 Å². The lowest BCUT2D eigenvalue weighted by atomic mass is 10.1. The van der Waals surface area contributed by atoms with Crippen LogP contribution in [0.15, 0.2) is 24.3 Å². The SMILES string of the molecule is CC(C)(Oc1ccc(F)cc1)C(=O)NCC1CCC(O)C1.